The van der Waals surface area contributed by atoms with Crippen LogP contribution in [-0.4, -0.2) is 30.3 Å². The first-order chi connectivity index (χ1) is 14.9. The Morgan fingerprint density at radius 1 is 1.13 bits per heavy atom. The third-order valence-corrected chi connectivity index (χ3v) is 5.03. The second-order valence-electron chi connectivity index (χ2n) is 6.62. The highest BCUT2D eigenvalue weighted by Gasteiger charge is 2.22. The molecule has 0 saturated heterocycles. The minimum Gasteiger partial charge on any atom is -0.495 e. The van der Waals surface area contributed by atoms with Gasteiger partial charge in [0.1, 0.15) is 17.3 Å². The summed E-state index contributed by atoms with van der Waals surface area (Å²) >= 11 is 6.14. The van der Waals surface area contributed by atoms with Crippen LogP contribution in [0.4, 0.5) is 10.1 Å². The van der Waals surface area contributed by atoms with Gasteiger partial charge in [-0.15, -0.1) is 0 Å². The van der Waals surface area contributed by atoms with Gasteiger partial charge in [0.05, 0.1) is 47.3 Å². The Balaban J connectivity index is 1.83. The van der Waals surface area contributed by atoms with E-state index in [2.05, 4.69) is 15.5 Å². The quantitative estimate of drug-likeness (QED) is 0.454. The second-order valence-corrected chi connectivity index (χ2v) is 7.03. The molecule has 0 saturated carbocycles. The lowest BCUT2D eigenvalue weighted by atomic mass is 10.0. The molecule has 4 rings (SSSR count). The number of fused-ring (bicyclic) bond motifs is 1. The standard InChI is InChI=1S/C22H17ClFN3O4/c1-11-20-13(21(28)25-17-10-18(29-2)14(23)9-19(17)30-3)8-16(26-22(20)31-27-11)12-6-4-5-7-15(12)24/h4-10H,1-3H3,(H,25,28). The Kier molecular flexibility index (Phi) is 5.48. The largest absolute Gasteiger partial charge is 0.495 e. The molecule has 2 heterocycles. The lowest BCUT2D eigenvalue weighted by Crippen LogP contribution is -2.14. The van der Waals surface area contributed by atoms with Gasteiger partial charge in [-0.25, -0.2) is 9.37 Å². The van der Waals surface area contributed by atoms with E-state index in [1.165, 1.54) is 32.4 Å². The molecule has 0 spiro atoms. The minimum absolute atomic E-state index is 0.129. The number of halogens is 2. The van der Waals surface area contributed by atoms with E-state index < -0.39 is 11.7 Å². The van der Waals surface area contributed by atoms with E-state index in [1.54, 1.807) is 31.2 Å². The molecule has 0 aliphatic rings. The van der Waals surface area contributed by atoms with Gasteiger partial charge in [0.25, 0.3) is 11.6 Å². The molecule has 1 N–H and O–H groups in total. The number of ether oxygens (including phenoxy) is 2. The highest BCUT2D eigenvalue weighted by molar-refractivity contribution is 6.32. The van der Waals surface area contributed by atoms with Gasteiger partial charge in [-0.2, -0.15) is 0 Å². The van der Waals surface area contributed by atoms with E-state index in [1.807, 2.05) is 0 Å². The molecule has 4 aromatic rings. The summed E-state index contributed by atoms with van der Waals surface area (Å²) in [4.78, 5) is 17.6. The third kappa shape index (κ3) is 3.77. The maximum Gasteiger partial charge on any atom is 0.259 e. The molecule has 2 aromatic carbocycles. The van der Waals surface area contributed by atoms with Crippen molar-refractivity contribution in [1.82, 2.24) is 10.1 Å². The number of hydrogen-bond donors (Lipinski definition) is 1. The van der Waals surface area contributed by atoms with Crippen molar-refractivity contribution in [2.45, 2.75) is 6.92 Å². The van der Waals surface area contributed by atoms with Crippen LogP contribution >= 0.6 is 11.6 Å². The number of aromatic nitrogens is 2. The molecule has 0 bridgehead atoms. The van der Waals surface area contributed by atoms with E-state index in [9.17, 15) is 9.18 Å². The summed E-state index contributed by atoms with van der Waals surface area (Å²) in [5, 5.41) is 7.45. The molecule has 158 valence electrons. The fraction of sp³-hybridized carbons (Fsp3) is 0.136. The summed E-state index contributed by atoms with van der Waals surface area (Å²) in [5.74, 6) is -0.244. The minimum atomic E-state index is -0.487. The van der Waals surface area contributed by atoms with Crippen molar-refractivity contribution in [2.24, 2.45) is 0 Å². The van der Waals surface area contributed by atoms with Crippen LogP contribution in [0, 0.1) is 12.7 Å². The molecule has 31 heavy (non-hydrogen) atoms. The zero-order chi connectivity index (χ0) is 22.1. The van der Waals surface area contributed by atoms with Gasteiger partial charge in [0.15, 0.2) is 0 Å². The average Bonchev–Trinajstić information content (AvgIpc) is 3.15. The lowest BCUT2D eigenvalue weighted by Gasteiger charge is -2.14. The van der Waals surface area contributed by atoms with Crippen LogP contribution in [0.1, 0.15) is 16.1 Å². The summed E-state index contributed by atoms with van der Waals surface area (Å²) in [5.41, 5.74) is 1.65. The van der Waals surface area contributed by atoms with Crippen molar-refractivity contribution in [3.8, 4) is 22.8 Å². The van der Waals surface area contributed by atoms with Gasteiger partial charge in [-0.1, -0.05) is 28.9 Å². The number of methoxy groups -OCH3 is 2. The van der Waals surface area contributed by atoms with Gasteiger partial charge in [0.2, 0.25) is 0 Å². The number of anilines is 1. The number of nitrogens with zero attached hydrogens (tertiary/aromatic N) is 2. The maximum atomic E-state index is 14.4. The van der Waals surface area contributed by atoms with E-state index in [-0.39, 0.29) is 22.5 Å². The number of hydrogen-bond acceptors (Lipinski definition) is 6. The van der Waals surface area contributed by atoms with Crippen LogP contribution in [0.5, 0.6) is 11.5 Å². The summed E-state index contributed by atoms with van der Waals surface area (Å²) < 4.78 is 30.2. The smallest absolute Gasteiger partial charge is 0.259 e. The number of benzene rings is 2. The van der Waals surface area contributed by atoms with Crippen molar-refractivity contribution < 1.29 is 23.2 Å². The van der Waals surface area contributed by atoms with Crippen LogP contribution in [0.25, 0.3) is 22.4 Å². The molecule has 9 heteroatoms. The zero-order valence-corrected chi connectivity index (χ0v) is 17.6. The Hall–Kier alpha value is -3.65. The van der Waals surface area contributed by atoms with Gasteiger partial charge in [-0.3, -0.25) is 4.79 Å². The van der Waals surface area contributed by atoms with Gasteiger partial charge >= 0.3 is 0 Å². The Bertz CT molecular complexity index is 1310. The number of carbonyl (C=O) groups is 1. The number of carbonyl (C=O) groups excluding carboxylic acids is 1. The maximum absolute atomic E-state index is 14.4. The van der Waals surface area contributed by atoms with E-state index in [4.69, 9.17) is 25.6 Å². The molecule has 2 aromatic heterocycles. The zero-order valence-electron chi connectivity index (χ0n) is 16.8. The van der Waals surface area contributed by atoms with Gasteiger partial charge in [0, 0.05) is 17.7 Å². The lowest BCUT2D eigenvalue weighted by molar-refractivity contribution is 0.102. The predicted octanol–water partition coefficient (Wildman–Crippen LogP) is 5.26. The molecular formula is C22H17ClFN3O4. The van der Waals surface area contributed by atoms with Crippen LogP contribution in [-0.2, 0) is 0 Å². The fourth-order valence-electron chi connectivity index (χ4n) is 3.23. The van der Waals surface area contributed by atoms with E-state index in [0.717, 1.165) is 0 Å². The number of amides is 1. The summed E-state index contributed by atoms with van der Waals surface area (Å²) in [6, 6.07) is 10.7. The topological polar surface area (TPSA) is 86.5 Å². The summed E-state index contributed by atoms with van der Waals surface area (Å²) in [7, 11) is 2.92. The Morgan fingerprint density at radius 3 is 2.58 bits per heavy atom. The predicted molar refractivity (Wildman–Crippen MR) is 114 cm³/mol. The second kappa shape index (κ2) is 8.23. The molecule has 0 atom stereocenters. The van der Waals surface area contributed by atoms with Crippen LogP contribution in [0.2, 0.25) is 5.02 Å². The first kappa shape index (κ1) is 20.6. The fourth-order valence-corrected chi connectivity index (χ4v) is 3.46. The Morgan fingerprint density at radius 2 is 1.87 bits per heavy atom. The highest BCUT2D eigenvalue weighted by atomic mass is 35.5. The third-order valence-electron chi connectivity index (χ3n) is 4.73. The van der Waals surface area contributed by atoms with Gasteiger partial charge in [-0.05, 0) is 25.1 Å². The highest BCUT2D eigenvalue weighted by Crippen LogP contribution is 2.37. The molecule has 0 radical (unpaired) electrons. The van der Waals surface area contributed by atoms with E-state index in [0.29, 0.717) is 33.3 Å². The molecule has 0 unspecified atom stereocenters. The van der Waals surface area contributed by atoms with Crippen LogP contribution < -0.4 is 14.8 Å². The first-order valence-electron chi connectivity index (χ1n) is 9.17. The molecule has 7 nitrogen and oxygen atoms in total. The number of rotatable bonds is 5. The average molecular weight is 442 g/mol. The van der Waals surface area contributed by atoms with Crippen molar-refractivity contribution >= 4 is 34.3 Å². The molecular weight excluding hydrogens is 425 g/mol. The first-order valence-corrected chi connectivity index (χ1v) is 9.55. The molecule has 0 aliphatic carbocycles. The molecule has 0 aliphatic heterocycles. The van der Waals surface area contributed by atoms with E-state index >= 15 is 0 Å². The molecule has 1 amide bonds. The Labute approximate surface area is 181 Å². The summed E-state index contributed by atoms with van der Waals surface area (Å²) in [6.45, 7) is 1.69. The van der Waals surface area contributed by atoms with Crippen molar-refractivity contribution in [3.05, 3.63) is 64.6 Å². The van der Waals surface area contributed by atoms with Gasteiger partial charge < -0.3 is 19.3 Å². The summed E-state index contributed by atoms with van der Waals surface area (Å²) in [6.07, 6.45) is 0. The van der Waals surface area contributed by atoms with Crippen LogP contribution in [0.3, 0.4) is 0 Å². The van der Waals surface area contributed by atoms with Crippen LogP contribution in [0.15, 0.2) is 47.0 Å². The number of nitrogens with one attached hydrogen (secondary N) is 1. The normalized spacial score (nSPS) is 10.9. The monoisotopic (exact) mass is 441 g/mol. The van der Waals surface area contributed by atoms with Crippen molar-refractivity contribution in [1.29, 1.82) is 0 Å². The number of pyridine rings is 1. The number of aryl methyl sites for hydroxylation is 1. The SMILES string of the molecule is COc1cc(NC(=O)c2cc(-c3ccccc3F)nc3onc(C)c23)c(OC)cc1Cl. The van der Waals surface area contributed by atoms with Crippen molar-refractivity contribution in [2.75, 3.05) is 19.5 Å². The molecule has 0 fully saturated rings. The van der Waals surface area contributed by atoms with Crippen molar-refractivity contribution in [3.63, 3.8) is 0 Å².